The van der Waals surface area contributed by atoms with Crippen LogP contribution in [0.4, 0.5) is 0 Å². The maximum absolute atomic E-state index is 13.4. The summed E-state index contributed by atoms with van der Waals surface area (Å²) in [6, 6.07) is 9.50. The number of carbonyl (C=O) groups is 1. The molecule has 0 bridgehead atoms. The van der Waals surface area contributed by atoms with Crippen LogP contribution in [0.5, 0.6) is 0 Å². The number of morpholine rings is 1. The van der Waals surface area contributed by atoms with Crippen LogP contribution in [0.3, 0.4) is 0 Å². The van der Waals surface area contributed by atoms with Crippen LogP contribution in [0.25, 0.3) is 11.2 Å². The lowest BCUT2D eigenvalue weighted by Gasteiger charge is -2.40. The predicted octanol–water partition coefficient (Wildman–Crippen LogP) is 0.655. The molecule has 0 spiro atoms. The van der Waals surface area contributed by atoms with E-state index in [4.69, 9.17) is 4.74 Å². The van der Waals surface area contributed by atoms with E-state index >= 15 is 0 Å². The van der Waals surface area contributed by atoms with E-state index in [9.17, 15) is 14.4 Å². The molecule has 0 saturated carbocycles. The van der Waals surface area contributed by atoms with Gasteiger partial charge in [-0.1, -0.05) is 30.3 Å². The number of amides is 1. The van der Waals surface area contributed by atoms with Gasteiger partial charge in [0.15, 0.2) is 11.2 Å². The lowest BCUT2D eigenvalue weighted by molar-refractivity contribution is -0.122. The molecular formula is C24H32N6O4. The Morgan fingerprint density at radius 3 is 2.50 bits per heavy atom. The Hall–Kier alpha value is -3.24. The molecule has 0 radical (unpaired) electrons. The highest BCUT2D eigenvalue weighted by atomic mass is 16.5. The number of hydrogen-bond acceptors (Lipinski definition) is 6. The molecule has 3 heterocycles. The summed E-state index contributed by atoms with van der Waals surface area (Å²) in [4.78, 5) is 46.1. The summed E-state index contributed by atoms with van der Waals surface area (Å²) in [5.74, 6) is -0.381. The number of nitrogens with zero attached hydrogens (tertiary/aromatic N) is 5. The van der Waals surface area contributed by atoms with Gasteiger partial charge >= 0.3 is 5.69 Å². The monoisotopic (exact) mass is 468 g/mol. The highest BCUT2D eigenvalue weighted by Crippen LogP contribution is 2.15. The van der Waals surface area contributed by atoms with Gasteiger partial charge in [0.25, 0.3) is 5.56 Å². The van der Waals surface area contributed by atoms with E-state index in [1.165, 1.54) is 4.57 Å². The third-order valence-corrected chi connectivity index (χ3v) is 6.39. The van der Waals surface area contributed by atoms with Crippen LogP contribution in [0.15, 0.2) is 46.2 Å². The van der Waals surface area contributed by atoms with Crippen molar-refractivity contribution in [1.29, 1.82) is 0 Å². The van der Waals surface area contributed by atoms with Crippen molar-refractivity contribution in [3.8, 4) is 0 Å². The van der Waals surface area contributed by atoms with E-state index < -0.39 is 11.2 Å². The van der Waals surface area contributed by atoms with Crippen LogP contribution in [0.1, 0.15) is 26.3 Å². The van der Waals surface area contributed by atoms with Gasteiger partial charge < -0.3 is 14.6 Å². The Morgan fingerprint density at radius 1 is 1.12 bits per heavy atom. The van der Waals surface area contributed by atoms with Crippen molar-refractivity contribution < 1.29 is 9.53 Å². The smallest absolute Gasteiger partial charge is 0.333 e. The second-order valence-electron chi connectivity index (χ2n) is 9.14. The zero-order chi connectivity index (χ0) is 24.3. The van der Waals surface area contributed by atoms with Gasteiger partial charge in [-0.05, 0) is 26.3 Å². The standard InChI is InChI=1S/C24H32N6O4/c1-4-27-17-26-21-20(27)22(32)30(23(33)29(21)14-18-8-6-5-7-9-18)15-19(31)25-16-24(2,3)28-10-12-34-13-11-28/h5-9,17H,4,10-16H2,1-3H3,(H,25,31). The summed E-state index contributed by atoms with van der Waals surface area (Å²) < 4.78 is 9.59. The first kappa shape index (κ1) is 23.9. The van der Waals surface area contributed by atoms with Crippen molar-refractivity contribution in [2.75, 3.05) is 32.8 Å². The van der Waals surface area contributed by atoms with E-state index in [1.54, 1.807) is 10.9 Å². The number of aryl methyl sites for hydroxylation is 1. The topological polar surface area (TPSA) is 103 Å². The lowest BCUT2D eigenvalue weighted by atomic mass is 10.0. The molecule has 10 nitrogen and oxygen atoms in total. The van der Waals surface area contributed by atoms with E-state index in [1.807, 2.05) is 37.3 Å². The Labute approximate surface area is 197 Å². The average Bonchev–Trinajstić information content (AvgIpc) is 3.29. The highest BCUT2D eigenvalue weighted by Gasteiger charge is 2.29. The first-order valence-corrected chi connectivity index (χ1v) is 11.6. The summed E-state index contributed by atoms with van der Waals surface area (Å²) in [6.07, 6.45) is 1.56. The molecule has 3 aromatic rings. The Morgan fingerprint density at radius 2 is 1.82 bits per heavy atom. The molecule has 0 aliphatic carbocycles. The maximum Gasteiger partial charge on any atom is 0.333 e. The molecule has 182 valence electrons. The molecular weight excluding hydrogens is 436 g/mol. The van der Waals surface area contributed by atoms with Gasteiger partial charge in [-0.25, -0.2) is 14.3 Å². The molecule has 0 unspecified atom stereocenters. The van der Waals surface area contributed by atoms with E-state index in [-0.39, 0.29) is 24.5 Å². The van der Waals surface area contributed by atoms with Gasteiger partial charge in [0.1, 0.15) is 6.54 Å². The summed E-state index contributed by atoms with van der Waals surface area (Å²) >= 11 is 0. The van der Waals surface area contributed by atoms with Crippen molar-refractivity contribution in [1.82, 2.24) is 28.9 Å². The molecule has 34 heavy (non-hydrogen) atoms. The van der Waals surface area contributed by atoms with E-state index in [0.717, 1.165) is 23.2 Å². The number of ether oxygens (including phenoxy) is 1. The summed E-state index contributed by atoms with van der Waals surface area (Å²) in [7, 11) is 0. The van der Waals surface area contributed by atoms with Crippen LogP contribution in [-0.2, 0) is 29.2 Å². The molecule has 0 atom stereocenters. The van der Waals surface area contributed by atoms with E-state index in [2.05, 4.69) is 29.0 Å². The molecule has 1 aromatic carbocycles. The summed E-state index contributed by atoms with van der Waals surface area (Å²) in [5.41, 5.74) is 0.212. The first-order valence-electron chi connectivity index (χ1n) is 11.6. The van der Waals surface area contributed by atoms with Crippen LogP contribution in [-0.4, -0.2) is 67.9 Å². The highest BCUT2D eigenvalue weighted by molar-refractivity contribution is 5.76. The predicted molar refractivity (Wildman–Crippen MR) is 129 cm³/mol. The number of benzene rings is 1. The largest absolute Gasteiger partial charge is 0.379 e. The third-order valence-electron chi connectivity index (χ3n) is 6.39. The fraction of sp³-hybridized carbons (Fsp3) is 0.500. The number of aromatic nitrogens is 4. The van der Waals surface area contributed by atoms with Gasteiger partial charge in [-0.3, -0.25) is 19.1 Å². The first-order chi connectivity index (χ1) is 16.3. The van der Waals surface area contributed by atoms with Crippen LogP contribution in [0.2, 0.25) is 0 Å². The van der Waals surface area contributed by atoms with Gasteiger partial charge in [-0.2, -0.15) is 0 Å². The second-order valence-corrected chi connectivity index (χ2v) is 9.14. The molecule has 1 N–H and O–H groups in total. The number of imidazole rings is 1. The molecule has 1 amide bonds. The zero-order valence-electron chi connectivity index (χ0n) is 20.0. The minimum absolute atomic E-state index is 0.253. The second kappa shape index (κ2) is 9.94. The number of nitrogens with one attached hydrogen (secondary N) is 1. The molecule has 1 aliphatic heterocycles. The van der Waals surface area contributed by atoms with Crippen molar-refractivity contribution in [3.05, 3.63) is 63.1 Å². The van der Waals surface area contributed by atoms with Crippen molar-refractivity contribution in [3.63, 3.8) is 0 Å². The fourth-order valence-corrected chi connectivity index (χ4v) is 4.32. The zero-order valence-corrected chi connectivity index (χ0v) is 20.0. The number of carbonyl (C=O) groups excluding carboxylic acids is 1. The normalized spacial score (nSPS) is 15.0. The number of fused-ring (bicyclic) bond motifs is 1. The number of rotatable bonds is 8. The van der Waals surface area contributed by atoms with Gasteiger partial charge in [0.2, 0.25) is 5.91 Å². The SMILES string of the molecule is CCn1cnc2c1c(=O)n(CC(=O)NCC(C)(C)N1CCOCC1)c(=O)n2Cc1ccccc1. The molecule has 1 aliphatic rings. The lowest BCUT2D eigenvalue weighted by Crippen LogP contribution is -2.56. The minimum atomic E-state index is -0.551. The fourth-order valence-electron chi connectivity index (χ4n) is 4.32. The van der Waals surface area contributed by atoms with Crippen molar-refractivity contribution >= 4 is 17.1 Å². The van der Waals surface area contributed by atoms with Crippen LogP contribution in [0, 0.1) is 0 Å². The summed E-state index contributed by atoms with van der Waals surface area (Å²) in [6.45, 7) is 9.76. The Kier molecular flexibility index (Phi) is 6.99. The Balaban J connectivity index is 1.62. The molecule has 1 fully saturated rings. The van der Waals surface area contributed by atoms with Gasteiger partial charge in [0, 0.05) is 31.7 Å². The molecule has 4 rings (SSSR count). The minimum Gasteiger partial charge on any atom is -0.379 e. The Bertz CT molecular complexity index is 1270. The maximum atomic E-state index is 13.4. The summed E-state index contributed by atoms with van der Waals surface area (Å²) in [5, 5.41) is 2.91. The molecule has 1 saturated heterocycles. The van der Waals surface area contributed by atoms with Crippen LogP contribution >= 0.6 is 0 Å². The molecule has 10 heteroatoms. The quantitative estimate of drug-likeness (QED) is 0.521. The van der Waals surface area contributed by atoms with E-state index in [0.29, 0.717) is 37.5 Å². The van der Waals surface area contributed by atoms with Crippen LogP contribution < -0.4 is 16.6 Å². The molecule has 2 aromatic heterocycles. The van der Waals surface area contributed by atoms with Gasteiger partial charge in [0.05, 0.1) is 26.1 Å². The average molecular weight is 469 g/mol. The number of hydrogen-bond donors (Lipinski definition) is 1. The van der Waals surface area contributed by atoms with Crippen molar-refractivity contribution in [2.24, 2.45) is 0 Å². The van der Waals surface area contributed by atoms with Gasteiger partial charge in [-0.15, -0.1) is 0 Å². The van der Waals surface area contributed by atoms with Crippen molar-refractivity contribution in [2.45, 2.75) is 45.9 Å². The third kappa shape index (κ3) is 4.83.